The summed E-state index contributed by atoms with van der Waals surface area (Å²) in [5.41, 5.74) is 0.992. The molecule has 2 heterocycles. The molecular weight excluding hydrogens is 260 g/mol. The standard InChI is InChI=1S/C13H20N4O3/c1-4-20-12(18)9-5-15-13(16-8(9)2)17-10-6-14-7-11(10)19-3/h5,10-11,14H,4,6-7H2,1-3H3,(H,15,16,17)/t10?,11-/m0/s1. The van der Waals surface area contributed by atoms with Gasteiger partial charge in [0.2, 0.25) is 5.95 Å². The fraction of sp³-hybridized carbons (Fsp3) is 0.615. The van der Waals surface area contributed by atoms with Crippen molar-refractivity contribution in [2.24, 2.45) is 0 Å². The van der Waals surface area contributed by atoms with Crippen LogP contribution in [0.25, 0.3) is 0 Å². The van der Waals surface area contributed by atoms with Crippen LogP contribution < -0.4 is 10.6 Å². The number of aromatic nitrogens is 2. The van der Waals surface area contributed by atoms with Gasteiger partial charge < -0.3 is 20.1 Å². The number of anilines is 1. The lowest BCUT2D eigenvalue weighted by Gasteiger charge is -2.18. The van der Waals surface area contributed by atoms with E-state index in [9.17, 15) is 4.79 Å². The van der Waals surface area contributed by atoms with Crippen molar-refractivity contribution in [2.75, 3.05) is 32.1 Å². The minimum atomic E-state index is -0.395. The van der Waals surface area contributed by atoms with Gasteiger partial charge in [-0.15, -0.1) is 0 Å². The van der Waals surface area contributed by atoms with Gasteiger partial charge in [0.05, 0.1) is 30.0 Å². The van der Waals surface area contributed by atoms with Crippen LogP contribution in [0.3, 0.4) is 0 Å². The number of methoxy groups -OCH3 is 1. The molecule has 7 heteroatoms. The van der Waals surface area contributed by atoms with Gasteiger partial charge in [0.25, 0.3) is 0 Å². The third-order valence-electron chi connectivity index (χ3n) is 3.25. The van der Waals surface area contributed by atoms with Crippen LogP contribution in [0.1, 0.15) is 23.0 Å². The molecule has 0 saturated carbocycles. The lowest BCUT2D eigenvalue weighted by molar-refractivity contribution is 0.0524. The summed E-state index contributed by atoms with van der Waals surface area (Å²) in [5, 5.41) is 6.46. The van der Waals surface area contributed by atoms with Gasteiger partial charge in [-0.1, -0.05) is 0 Å². The first kappa shape index (κ1) is 14.7. The van der Waals surface area contributed by atoms with Gasteiger partial charge in [-0.25, -0.2) is 14.8 Å². The van der Waals surface area contributed by atoms with E-state index in [0.29, 0.717) is 23.8 Å². The van der Waals surface area contributed by atoms with E-state index in [1.165, 1.54) is 6.20 Å². The topological polar surface area (TPSA) is 85.4 Å². The van der Waals surface area contributed by atoms with Gasteiger partial charge in [0.15, 0.2) is 0 Å². The summed E-state index contributed by atoms with van der Waals surface area (Å²) in [7, 11) is 1.68. The van der Waals surface area contributed by atoms with Crippen LogP contribution in [0, 0.1) is 6.92 Å². The normalized spacial score (nSPS) is 21.8. The van der Waals surface area contributed by atoms with E-state index in [1.807, 2.05) is 0 Å². The molecule has 1 unspecified atom stereocenters. The Kier molecular flexibility index (Phi) is 4.86. The third-order valence-corrected chi connectivity index (χ3v) is 3.25. The number of carbonyl (C=O) groups is 1. The highest BCUT2D eigenvalue weighted by Crippen LogP contribution is 2.12. The Balaban J connectivity index is 2.07. The molecular formula is C13H20N4O3. The number of rotatable bonds is 5. The van der Waals surface area contributed by atoms with Crippen molar-refractivity contribution in [2.45, 2.75) is 26.0 Å². The first-order valence-corrected chi connectivity index (χ1v) is 6.66. The van der Waals surface area contributed by atoms with E-state index in [2.05, 4.69) is 20.6 Å². The molecule has 1 fully saturated rings. The molecule has 20 heavy (non-hydrogen) atoms. The van der Waals surface area contributed by atoms with Gasteiger partial charge in [0.1, 0.15) is 0 Å². The average Bonchev–Trinajstić information content (AvgIpc) is 2.86. The smallest absolute Gasteiger partial charge is 0.341 e. The monoisotopic (exact) mass is 280 g/mol. The molecule has 2 N–H and O–H groups in total. The lowest BCUT2D eigenvalue weighted by atomic mass is 10.2. The highest BCUT2D eigenvalue weighted by Gasteiger charge is 2.27. The van der Waals surface area contributed by atoms with Crippen LogP contribution >= 0.6 is 0 Å². The molecule has 1 aromatic rings. The number of hydrogen-bond donors (Lipinski definition) is 2. The van der Waals surface area contributed by atoms with Crippen LogP contribution in [-0.4, -0.2) is 54.9 Å². The number of carbonyl (C=O) groups excluding carboxylic acids is 1. The Morgan fingerprint density at radius 2 is 2.35 bits per heavy atom. The summed E-state index contributed by atoms with van der Waals surface area (Å²) in [5.74, 6) is 0.0974. The molecule has 1 aliphatic rings. The molecule has 1 aliphatic heterocycles. The summed E-state index contributed by atoms with van der Waals surface area (Å²) in [6.07, 6.45) is 1.58. The Morgan fingerprint density at radius 1 is 1.55 bits per heavy atom. The highest BCUT2D eigenvalue weighted by atomic mass is 16.5. The second-order valence-electron chi connectivity index (χ2n) is 4.60. The van der Waals surface area contributed by atoms with E-state index in [-0.39, 0.29) is 12.1 Å². The van der Waals surface area contributed by atoms with E-state index in [4.69, 9.17) is 9.47 Å². The van der Waals surface area contributed by atoms with Crippen molar-refractivity contribution in [1.82, 2.24) is 15.3 Å². The number of aryl methyl sites for hydroxylation is 1. The van der Waals surface area contributed by atoms with E-state index in [1.54, 1.807) is 21.0 Å². The number of ether oxygens (including phenoxy) is 2. The van der Waals surface area contributed by atoms with Crippen LogP contribution in [0.15, 0.2) is 6.20 Å². The maximum Gasteiger partial charge on any atom is 0.341 e. The van der Waals surface area contributed by atoms with Crippen molar-refractivity contribution in [3.05, 3.63) is 17.5 Å². The fourth-order valence-electron chi connectivity index (χ4n) is 2.16. The molecule has 0 amide bonds. The van der Waals surface area contributed by atoms with Gasteiger partial charge in [-0.05, 0) is 13.8 Å². The minimum absolute atomic E-state index is 0.0867. The molecule has 0 radical (unpaired) electrons. The first-order chi connectivity index (χ1) is 9.65. The summed E-state index contributed by atoms with van der Waals surface area (Å²) in [4.78, 5) is 20.1. The minimum Gasteiger partial charge on any atom is -0.462 e. The van der Waals surface area contributed by atoms with Crippen LogP contribution in [0.5, 0.6) is 0 Å². The van der Waals surface area contributed by atoms with Crippen LogP contribution in [0.2, 0.25) is 0 Å². The number of nitrogens with zero attached hydrogens (tertiary/aromatic N) is 2. The van der Waals surface area contributed by atoms with E-state index < -0.39 is 5.97 Å². The molecule has 2 rings (SSSR count). The maximum absolute atomic E-state index is 11.7. The van der Waals surface area contributed by atoms with Crippen molar-refractivity contribution in [3.63, 3.8) is 0 Å². The van der Waals surface area contributed by atoms with Crippen molar-refractivity contribution < 1.29 is 14.3 Å². The predicted molar refractivity (Wildman–Crippen MR) is 73.8 cm³/mol. The molecule has 110 valence electrons. The maximum atomic E-state index is 11.7. The zero-order chi connectivity index (χ0) is 14.5. The zero-order valence-electron chi connectivity index (χ0n) is 12.0. The Bertz CT molecular complexity index is 481. The first-order valence-electron chi connectivity index (χ1n) is 6.66. The number of hydrogen-bond acceptors (Lipinski definition) is 7. The Labute approximate surface area is 118 Å². The Hall–Kier alpha value is -1.73. The highest BCUT2D eigenvalue weighted by molar-refractivity contribution is 5.90. The van der Waals surface area contributed by atoms with Gasteiger partial charge >= 0.3 is 5.97 Å². The molecule has 1 aromatic heterocycles. The van der Waals surface area contributed by atoms with Crippen molar-refractivity contribution in [3.8, 4) is 0 Å². The SMILES string of the molecule is CCOC(=O)c1cnc(NC2CNC[C@@H]2OC)nc1C. The molecule has 2 atom stereocenters. The summed E-state index contributed by atoms with van der Waals surface area (Å²) >= 11 is 0. The average molecular weight is 280 g/mol. The van der Waals surface area contributed by atoms with Gasteiger partial charge in [-0.2, -0.15) is 0 Å². The fourth-order valence-corrected chi connectivity index (χ4v) is 2.16. The molecule has 0 aliphatic carbocycles. The van der Waals surface area contributed by atoms with E-state index in [0.717, 1.165) is 13.1 Å². The van der Waals surface area contributed by atoms with Gasteiger partial charge in [0, 0.05) is 26.4 Å². The molecule has 7 nitrogen and oxygen atoms in total. The molecule has 0 spiro atoms. The van der Waals surface area contributed by atoms with Gasteiger partial charge in [-0.3, -0.25) is 0 Å². The van der Waals surface area contributed by atoms with Crippen LogP contribution in [-0.2, 0) is 9.47 Å². The summed E-state index contributed by atoms with van der Waals surface area (Å²) in [6.45, 7) is 5.46. The zero-order valence-corrected chi connectivity index (χ0v) is 12.0. The second-order valence-corrected chi connectivity index (χ2v) is 4.60. The number of nitrogens with one attached hydrogen (secondary N) is 2. The number of esters is 1. The summed E-state index contributed by atoms with van der Waals surface area (Å²) < 4.78 is 10.3. The third kappa shape index (κ3) is 3.23. The summed E-state index contributed by atoms with van der Waals surface area (Å²) in [6, 6.07) is 0.118. The lowest BCUT2D eigenvalue weighted by Crippen LogP contribution is -2.34. The van der Waals surface area contributed by atoms with E-state index >= 15 is 0 Å². The Morgan fingerprint density at radius 3 is 3.00 bits per heavy atom. The predicted octanol–water partition coefficient (Wildman–Crippen LogP) is 0.360. The quantitative estimate of drug-likeness (QED) is 0.753. The van der Waals surface area contributed by atoms with Crippen molar-refractivity contribution in [1.29, 1.82) is 0 Å². The molecule has 1 saturated heterocycles. The van der Waals surface area contributed by atoms with Crippen LogP contribution in [0.4, 0.5) is 5.95 Å². The van der Waals surface area contributed by atoms with Crippen molar-refractivity contribution >= 4 is 11.9 Å². The molecule has 0 bridgehead atoms. The largest absolute Gasteiger partial charge is 0.462 e. The second kappa shape index (κ2) is 6.62. The molecule has 0 aromatic carbocycles.